The zero-order valence-electron chi connectivity index (χ0n) is 16.2. The second-order valence-corrected chi connectivity index (χ2v) is 6.92. The number of carbonyl (C=O) groups excluding carboxylic acids is 1. The smallest absolute Gasteiger partial charge is 0.434 e. The number of amides is 1. The third kappa shape index (κ3) is 4.57. The molecule has 1 N–H and O–H groups in total. The number of ether oxygens (including phenoxy) is 1. The lowest BCUT2D eigenvalue weighted by molar-refractivity contribution is -0.143. The highest BCUT2D eigenvalue weighted by atomic mass is 35.5. The molecule has 2 heterocycles. The first kappa shape index (κ1) is 21.4. The van der Waals surface area contributed by atoms with Crippen molar-refractivity contribution in [3.8, 4) is 17.3 Å². The van der Waals surface area contributed by atoms with E-state index >= 15 is 0 Å². The van der Waals surface area contributed by atoms with E-state index in [2.05, 4.69) is 15.4 Å². The molecule has 0 unspecified atom stereocenters. The monoisotopic (exact) mass is 458 g/mol. The van der Waals surface area contributed by atoms with Gasteiger partial charge in [0.25, 0.3) is 5.91 Å². The summed E-state index contributed by atoms with van der Waals surface area (Å²) in [5, 5.41) is 6.59. The molecule has 0 bridgehead atoms. The third-order valence-electron chi connectivity index (χ3n) is 4.33. The molecule has 0 atom stereocenters. The van der Waals surface area contributed by atoms with Gasteiger partial charge in [0.1, 0.15) is 11.5 Å². The summed E-state index contributed by atoms with van der Waals surface area (Å²) in [5.74, 6) is -0.128. The van der Waals surface area contributed by atoms with Crippen LogP contribution in [0.4, 0.5) is 18.9 Å². The summed E-state index contributed by atoms with van der Waals surface area (Å²) in [5.41, 5.74) is -1.56. The second kappa shape index (κ2) is 8.72. The number of para-hydroxylation sites is 1. The normalized spacial score (nSPS) is 11.2. The standard InChI is InChI=1S/C22H14ClF3N4O2/c23-17-5-1-2-6-18(17)32-15-10-8-14(9-11-15)29-21(31)16-13-28-30(20(16)22(24,25)26)19-7-3-4-12-27-19/h1-13H,(H,29,31). The molecule has 10 heteroatoms. The van der Waals surface area contributed by atoms with Gasteiger partial charge in [0.15, 0.2) is 11.5 Å². The van der Waals surface area contributed by atoms with Crippen molar-refractivity contribution in [3.05, 3.63) is 95.4 Å². The van der Waals surface area contributed by atoms with Gasteiger partial charge in [0.2, 0.25) is 0 Å². The fraction of sp³-hybridized carbons (Fsp3) is 0.0455. The highest BCUT2D eigenvalue weighted by molar-refractivity contribution is 6.32. The lowest BCUT2D eigenvalue weighted by Crippen LogP contribution is -2.21. The molecule has 162 valence electrons. The van der Waals surface area contributed by atoms with E-state index in [0.717, 1.165) is 6.20 Å². The van der Waals surface area contributed by atoms with E-state index in [4.69, 9.17) is 16.3 Å². The number of nitrogens with zero attached hydrogens (tertiary/aromatic N) is 3. The number of pyridine rings is 1. The van der Waals surface area contributed by atoms with Crippen molar-refractivity contribution in [2.75, 3.05) is 5.32 Å². The first-order valence-corrected chi connectivity index (χ1v) is 9.61. The number of anilines is 1. The van der Waals surface area contributed by atoms with Gasteiger partial charge >= 0.3 is 6.18 Å². The number of hydrogen-bond acceptors (Lipinski definition) is 4. The summed E-state index contributed by atoms with van der Waals surface area (Å²) in [6, 6.07) is 17.5. The Balaban J connectivity index is 1.55. The van der Waals surface area contributed by atoms with Crippen LogP contribution in [0.5, 0.6) is 11.5 Å². The van der Waals surface area contributed by atoms with Gasteiger partial charge in [-0.3, -0.25) is 4.79 Å². The Morgan fingerprint density at radius 2 is 1.72 bits per heavy atom. The van der Waals surface area contributed by atoms with Crippen LogP contribution in [0.2, 0.25) is 5.02 Å². The first-order chi connectivity index (χ1) is 15.3. The first-order valence-electron chi connectivity index (χ1n) is 9.23. The SMILES string of the molecule is O=C(Nc1ccc(Oc2ccccc2Cl)cc1)c1cnn(-c2ccccn2)c1C(F)(F)F. The lowest BCUT2D eigenvalue weighted by Gasteiger charge is -2.12. The minimum absolute atomic E-state index is 0.0556. The zero-order chi connectivity index (χ0) is 22.7. The maximum atomic E-state index is 13.7. The van der Waals surface area contributed by atoms with Crippen LogP contribution in [-0.4, -0.2) is 20.7 Å². The number of hydrogen-bond donors (Lipinski definition) is 1. The fourth-order valence-corrected chi connectivity index (χ4v) is 3.07. The molecule has 2 aromatic carbocycles. The average Bonchev–Trinajstić information content (AvgIpc) is 3.23. The summed E-state index contributed by atoms with van der Waals surface area (Å²) in [7, 11) is 0. The largest absolute Gasteiger partial charge is 0.456 e. The predicted octanol–water partition coefficient (Wildman–Crippen LogP) is 5.98. The van der Waals surface area contributed by atoms with E-state index in [1.54, 1.807) is 42.5 Å². The van der Waals surface area contributed by atoms with Gasteiger partial charge in [0, 0.05) is 11.9 Å². The Kier molecular flexibility index (Phi) is 5.83. The highest BCUT2D eigenvalue weighted by Crippen LogP contribution is 2.34. The Labute approximate surface area is 185 Å². The molecule has 0 saturated carbocycles. The van der Waals surface area contributed by atoms with Crippen molar-refractivity contribution in [1.82, 2.24) is 14.8 Å². The molecule has 6 nitrogen and oxygen atoms in total. The molecule has 1 amide bonds. The van der Waals surface area contributed by atoms with Crippen LogP contribution >= 0.6 is 11.6 Å². The third-order valence-corrected chi connectivity index (χ3v) is 4.64. The number of alkyl halides is 3. The van der Waals surface area contributed by atoms with Crippen molar-refractivity contribution in [2.45, 2.75) is 6.18 Å². The van der Waals surface area contributed by atoms with Crippen LogP contribution in [0.3, 0.4) is 0 Å². The molecule has 4 rings (SSSR count). The molecule has 0 aliphatic heterocycles. The Morgan fingerprint density at radius 1 is 1.00 bits per heavy atom. The van der Waals surface area contributed by atoms with E-state index in [1.807, 2.05) is 0 Å². The van der Waals surface area contributed by atoms with Gasteiger partial charge in [-0.15, -0.1) is 0 Å². The molecular formula is C22H14ClF3N4O2. The number of nitrogens with one attached hydrogen (secondary N) is 1. The zero-order valence-corrected chi connectivity index (χ0v) is 16.9. The van der Waals surface area contributed by atoms with Gasteiger partial charge in [-0.25, -0.2) is 9.67 Å². The molecule has 0 fully saturated rings. The molecule has 32 heavy (non-hydrogen) atoms. The van der Waals surface area contributed by atoms with Crippen LogP contribution in [0, 0.1) is 0 Å². The van der Waals surface area contributed by atoms with Gasteiger partial charge in [-0.2, -0.15) is 18.3 Å². The fourth-order valence-electron chi connectivity index (χ4n) is 2.90. The van der Waals surface area contributed by atoms with Crippen molar-refractivity contribution in [2.24, 2.45) is 0 Å². The van der Waals surface area contributed by atoms with Crippen LogP contribution in [-0.2, 0) is 6.18 Å². The Bertz CT molecular complexity index is 1240. The molecule has 0 aliphatic rings. The average molecular weight is 459 g/mol. The van der Waals surface area contributed by atoms with Crippen LogP contribution in [0.25, 0.3) is 5.82 Å². The Hall–Kier alpha value is -3.85. The minimum Gasteiger partial charge on any atom is -0.456 e. The van der Waals surface area contributed by atoms with Crippen LogP contribution in [0.1, 0.15) is 16.1 Å². The molecule has 2 aromatic heterocycles. The molecule has 4 aromatic rings. The van der Waals surface area contributed by atoms with Gasteiger partial charge in [-0.05, 0) is 48.5 Å². The number of halogens is 4. The number of benzene rings is 2. The number of carbonyl (C=O) groups is 1. The number of aromatic nitrogens is 3. The second-order valence-electron chi connectivity index (χ2n) is 6.52. The lowest BCUT2D eigenvalue weighted by atomic mass is 10.2. The van der Waals surface area contributed by atoms with E-state index in [9.17, 15) is 18.0 Å². The quantitative estimate of drug-likeness (QED) is 0.399. The molecule has 0 aliphatic carbocycles. The summed E-state index contributed by atoms with van der Waals surface area (Å²) < 4.78 is 47.4. The van der Waals surface area contributed by atoms with E-state index in [0.29, 0.717) is 21.2 Å². The van der Waals surface area contributed by atoms with Gasteiger partial charge < -0.3 is 10.1 Å². The molecule has 0 radical (unpaired) electrons. The number of rotatable bonds is 5. The van der Waals surface area contributed by atoms with E-state index in [1.165, 1.54) is 30.5 Å². The van der Waals surface area contributed by atoms with Gasteiger partial charge in [-0.1, -0.05) is 29.8 Å². The predicted molar refractivity (Wildman–Crippen MR) is 112 cm³/mol. The van der Waals surface area contributed by atoms with Crippen LogP contribution < -0.4 is 10.1 Å². The topological polar surface area (TPSA) is 69.0 Å². The molecular weight excluding hydrogens is 445 g/mol. The van der Waals surface area contributed by atoms with Gasteiger partial charge in [0.05, 0.1) is 16.8 Å². The molecule has 0 spiro atoms. The summed E-state index contributed by atoms with van der Waals surface area (Å²) >= 11 is 6.05. The van der Waals surface area contributed by atoms with Crippen molar-refractivity contribution in [1.29, 1.82) is 0 Å². The van der Waals surface area contributed by atoms with Crippen molar-refractivity contribution < 1.29 is 22.7 Å². The van der Waals surface area contributed by atoms with Crippen LogP contribution in [0.15, 0.2) is 79.1 Å². The maximum Gasteiger partial charge on any atom is 0.434 e. The van der Waals surface area contributed by atoms with E-state index < -0.39 is 23.3 Å². The Morgan fingerprint density at radius 3 is 2.38 bits per heavy atom. The highest BCUT2D eigenvalue weighted by Gasteiger charge is 2.40. The maximum absolute atomic E-state index is 13.7. The summed E-state index contributed by atoms with van der Waals surface area (Å²) in [6.45, 7) is 0. The summed E-state index contributed by atoms with van der Waals surface area (Å²) in [4.78, 5) is 16.5. The minimum atomic E-state index is -4.83. The molecule has 0 saturated heterocycles. The summed E-state index contributed by atoms with van der Waals surface area (Å²) in [6.07, 6.45) is -2.63. The van der Waals surface area contributed by atoms with E-state index in [-0.39, 0.29) is 11.5 Å². The van der Waals surface area contributed by atoms with Crippen molar-refractivity contribution in [3.63, 3.8) is 0 Å². The van der Waals surface area contributed by atoms with Crippen molar-refractivity contribution >= 4 is 23.2 Å².